The normalized spacial score (nSPS) is 23.6. The summed E-state index contributed by atoms with van der Waals surface area (Å²) in [5, 5.41) is 0.584. The standard InChI is InChI=1S/C17H23ClN2O4S/c1-24-16-3-2-14(18)10-13(16)11-17(21)20-7-5-19(6-8-20)15-4-9-25(22,23)12-15/h2-3,10,15H,4-9,11-12H2,1H3/p+1/t15-/m0/s1. The highest BCUT2D eigenvalue weighted by Gasteiger charge is 2.37. The van der Waals surface area contributed by atoms with Crippen molar-refractivity contribution in [3.63, 3.8) is 0 Å². The number of amides is 1. The second kappa shape index (κ2) is 7.51. The van der Waals surface area contributed by atoms with Crippen LogP contribution in [0.1, 0.15) is 12.0 Å². The molecule has 0 saturated carbocycles. The van der Waals surface area contributed by atoms with Gasteiger partial charge in [0, 0.05) is 17.0 Å². The Balaban J connectivity index is 1.56. The molecule has 3 rings (SSSR count). The number of methoxy groups -OCH3 is 1. The molecule has 25 heavy (non-hydrogen) atoms. The van der Waals surface area contributed by atoms with E-state index in [9.17, 15) is 13.2 Å². The van der Waals surface area contributed by atoms with Crippen LogP contribution in [0, 0.1) is 0 Å². The van der Waals surface area contributed by atoms with Gasteiger partial charge >= 0.3 is 0 Å². The lowest BCUT2D eigenvalue weighted by atomic mass is 10.1. The summed E-state index contributed by atoms with van der Waals surface area (Å²) in [5.41, 5.74) is 0.789. The summed E-state index contributed by atoms with van der Waals surface area (Å²) in [6.45, 7) is 2.93. The predicted molar refractivity (Wildman–Crippen MR) is 96.0 cm³/mol. The van der Waals surface area contributed by atoms with Crippen molar-refractivity contribution in [1.29, 1.82) is 0 Å². The summed E-state index contributed by atoms with van der Waals surface area (Å²) in [7, 11) is -1.28. The van der Waals surface area contributed by atoms with Gasteiger partial charge in [-0.2, -0.15) is 0 Å². The minimum atomic E-state index is -2.85. The van der Waals surface area contributed by atoms with E-state index in [0.717, 1.165) is 25.1 Å². The van der Waals surface area contributed by atoms with Gasteiger partial charge in [0.25, 0.3) is 0 Å². The molecule has 1 atom stereocenters. The molecule has 1 aromatic carbocycles. The molecule has 0 spiro atoms. The van der Waals surface area contributed by atoms with Gasteiger partial charge in [-0.15, -0.1) is 0 Å². The number of sulfone groups is 1. The van der Waals surface area contributed by atoms with Gasteiger partial charge in [-0.3, -0.25) is 4.79 Å². The molecular weight excluding hydrogens is 364 g/mol. The van der Waals surface area contributed by atoms with Gasteiger partial charge in [0.1, 0.15) is 17.5 Å². The molecule has 2 aliphatic rings. The molecule has 0 bridgehead atoms. The van der Waals surface area contributed by atoms with E-state index >= 15 is 0 Å². The van der Waals surface area contributed by atoms with Crippen molar-refractivity contribution >= 4 is 27.3 Å². The second-order valence-corrected chi connectivity index (χ2v) is 9.44. The summed E-state index contributed by atoms with van der Waals surface area (Å²) < 4.78 is 28.6. The summed E-state index contributed by atoms with van der Waals surface area (Å²) >= 11 is 6.02. The molecular formula is C17H24ClN2O4S+. The van der Waals surface area contributed by atoms with Crippen molar-refractivity contribution in [2.24, 2.45) is 0 Å². The number of piperazine rings is 1. The number of hydrogen-bond acceptors (Lipinski definition) is 4. The highest BCUT2D eigenvalue weighted by Crippen LogP contribution is 2.23. The Morgan fingerprint density at radius 3 is 2.68 bits per heavy atom. The van der Waals surface area contributed by atoms with Crippen LogP contribution < -0.4 is 9.64 Å². The lowest BCUT2D eigenvalue weighted by Gasteiger charge is -2.35. The van der Waals surface area contributed by atoms with Crippen LogP contribution in [-0.2, 0) is 21.1 Å². The van der Waals surface area contributed by atoms with E-state index in [1.807, 2.05) is 4.90 Å². The first-order valence-electron chi connectivity index (χ1n) is 8.53. The summed E-state index contributed by atoms with van der Waals surface area (Å²) in [4.78, 5) is 15.8. The lowest BCUT2D eigenvalue weighted by molar-refractivity contribution is -0.925. The number of ether oxygens (including phenoxy) is 1. The average Bonchev–Trinajstić information content (AvgIpc) is 2.95. The zero-order valence-electron chi connectivity index (χ0n) is 14.3. The van der Waals surface area contributed by atoms with Gasteiger partial charge in [0.2, 0.25) is 5.91 Å². The first-order valence-corrected chi connectivity index (χ1v) is 10.7. The fraction of sp³-hybridized carbons (Fsp3) is 0.588. The van der Waals surface area contributed by atoms with E-state index in [4.69, 9.17) is 16.3 Å². The minimum absolute atomic E-state index is 0.0543. The maximum absolute atomic E-state index is 12.6. The second-order valence-electron chi connectivity index (χ2n) is 6.77. The van der Waals surface area contributed by atoms with E-state index in [1.165, 1.54) is 4.90 Å². The molecule has 8 heteroatoms. The first kappa shape index (κ1) is 18.5. The number of nitrogens with one attached hydrogen (secondary N) is 1. The van der Waals surface area contributed by atoms with E-state index in [-0.39, 0.29) is 24.1 Å². The van der Waals surface area contributed by atoms with E-state index < -0.39 is 9.84 Å². The van der Waals surface area contributed by atoms with Gasteiger partial charge < -0.3 is 14.5 Å². The van der Waals surface area contributed by atoms with Crippen LogP contribution in [0.15, 0.2) is 18.2 Å². The molecule has 138 valence electrons. The molecule has 2 aliphatic heterocycles. The summed E-state index contributed by atoms with van der Waals surface area (Å²) in [6, 6.07) is 5.47. The smallest absolute Gasteiger partial charge is 0.227 e. The van der Waals surface area contributed by atoms with Gasteiger partial charge in [-0.05, 0) is 18.2 Å². The van der Waals surface area contributed by atoms with Crippen molar-refractivity contribution in [3.8, 4) is 5.75 Å². The Kier molecular flexibility index (Phi) is 5.55. The average molecular weight is 388 g/mol. The van der Waals surface area contributed by atoms with E-state index in [0.29, 0.717) is 29.6 Å². The number of carbonyl (C=O) groups excluding carboxylic acids is 1. The fourth-order valence-corrected chi connectivity index (χ4v) is 5.75. The molecule has 2 fully saturated rings. The third kappa shape index (κ3) is 4.46. The van der Waals surface area contributed by atoms with Crippen LogP contribution >= 0.6 is 11.6 Å². The van der Waals surface area contributed by atoms with Crippen LogP contribution in [0.5, 0.6) is 5.75 Å². The molecule has 1 amide bonds. The van der Waals surface area contributed by atoms with Gasteiger partial charge in [0.05, 0.1) is 45.5 Å². The Hall–Kier alpha value is -1.31. The Morgan fingerprint density at radius 1 is 1.36 bits per heavy atom. The zero-order chi connectivity index (χ0) is 18.0. The van der Waals surface area contributed by atoms with Gasteiger partial charge in [0.15, 0.2) is 9.84 Å². The first-order chi connectivity index (χ1) is 11.9. The molecule has 6 nitrogen and oxygen atoms in total. The molecule has 0 aliphatic carbocycles. The fourth-order valence-electron chi connectivity index (χ4n) is 3.73. The number of hydrogen-bond donors (Lipinski definition) is 1. The summed E-state index contributed by atoms with van der Waals surface area (Å²) in [6.07, 6.45) is 1.00. The van der Waals surface area contributed by atoms with Crippen molar-refractivity contribution in [2.75, 3.05) is 44.8 Å². The molecule has 0 unspecified atom stereocenters. The molecule has 2 saturated heterocycles. The van der Waals surface area contributed by atoms with Crippen molar-refractivity contribution in [3.05, 3.63) is 28.8 Å². The largest absolute Gasteiger partial charge is 0.496 e. The molecule has 1 N–H and O–H groups in total. The Morgan fingerprint density at radius 2 is 2.08 bits per heavy atom. The Bertz CT molecular complexity index is 745. The topological polar surface area (TPSA) is 68.1 Å². The third-order valence-electron chi connectivity index (χ3n) is 5.15. The van der Waals surface area contributed by atoms with Crippen molar-refractivity contribution in [2.45, 2.75) is 18.9 Å². The zero-order valence-corrected chi connectivity index (χ0v) is 15.9. The van der Waals surface area contributed by atoms with Crippen LogP contribution in [0.4, 0.5) is 0 Å². The summed E-state index contributed by atoms with van der Waals surface area (Å²) in [5.74, 6) is 1.31. The SMILES string of the molecule is COc1ccc(Cl)cc1CC(=O)N1CC[NH+]([C@H]2CCS(=O)(=O)C2)CC1. The number of rotatable bonds is 4. The Labute approximate surface area is 153 Å². The highest BCUT2D eigenvalue weighted by molar-refractivity contribution is 7.91. The number of quaternary nitrogens is 1. The quantitative estimate of drug-likeness (QED) is 0.777. The van der Waals surface area contributed by atoms with Crippen molar-refractivity contribution < 1.29 is 22.8 Å². The monoisotopic (exact) mass is 387 g/mol. The van der Waals surface area contributed by atoms with Crippen molar-refractivity contribution in [1.82, 2.24) is 4.90 Å². The van der Waals surface area contributed by atoms with E-state index in [2.05, 4.69) is 0 Å². The molecule has 0 radical (unpaired) electrons. The molecule has 1 aromatic rings. The number of carbonyl (C=O) groups is 1. The minimum Gasteiger partial charge on any atom is -0.496 e. The van der Waals surface area contributed by atoms with Crippen LogP contribution in [0.3, 0.4) is 0 Å². The third-order valence-corrected chi connectivity index (χ3v) is 7.16. The lowest BCUT2D eigenvalue weighted by Crippen LogP contribution is -3.18. The van der Waals surface area contributed by atoms with Crippen LogP contribution in [-0.4, -0.2) is 70.1 Å². The highest BCUT2D eigenvalue weighted by atomic mass is 35.5. The van der Waals surface area contributed by atoms with Gasteiger partial charge in [-0.1, -0.05) is 11.6 Å². The van der Waals surface area contributed by atoms with E-state index in [1.54, 1.807) is 25.3 Å². The number of nitrogens with zero attached hydrogens (tertiary/aromatic N) is 1. The molecule has 2 heterocycles. The maximum atomic E-state index is 12.6. The van der Waals surface area contributed by atoms with Gasteiger partial charge in [-0.25, -0.2) is 8.42 Å². The van der Waals surface area contributed by atoms with Crippen LogP contribution in [0.2, 0.25) is 5.02 Å². The number of halogens is 1. The van der Waals surface area contributed by atoms with Crippen LogP contribution in [0.25, 0.3) is 0 Å². The predicted octanol–water partition coefficient (Wildman–Crippen LogP) is -0.195. The maximum Gasteiger partial charge on any atom is 0.227 e. The number of benzene rings is 1. The molecule has 0 aromatic heterocycles.